The smallest absolute Gasteiger partial charge is 0.335 e. The van der Waals surface area contributed by atoms with Crippen LogP contribution in [-0.2, 0) is 18.3 Å². The Hall–Kier alpha value is -4.15. The number of carboxylic acids is 1. The summed E-state index contributed by atoms with van der Waals surface area (Å²) < 4.78 is 2.46. The molecule has 0 saturated heterocycles. The van der Waals surface area contributed by atoms with E-state index < -0.39 is 29.2 Å². The molecule has 0 spiro atoms. The fourth-order valence-corrected chi connectivity index (χ4v) is 4.54. The number of carboxylic acid groups (broad SMARTS) is 1. The second kappa shape index (κ2) is 10.7. The zero-order valence-corrected chi connectivity index (χ0v) is 22.1. The lowest BCUT2D eigenvalue weighted by molar-refractivity contribution is -0.139. The number of amides is 1. The molecule has 0 radical (unpaired) electrons. The lowest BCUT2D eigenvalue weighted by Crippen LogP contribution is -2.42. The molecular formula is C26H23Cl2N5O5. The highest BCUT2D eigenvalue weighted by atomic mass is 35.5. The third kappa shape index (κ3) is 5.13. The second-order valence-electron chi connectivity index (χ2n) is 8.77. The molecule has 0 aliphatic rings. The van der Waals surface area contributed by atoms with Gasteiger partial charge in [0.2, 0.25) is 0 Å². The van der Waals surface area contributed by atoms with Gasteiger partial charge in [0.25, 0.3) is 11.5 Å². The maximum absolute atomic E-state index is 13.3. The van der Waals surface area contributed by atoms with Gasteiger partial charge >= 0.3 is 11.7 Å². The molecular weight excluding hydrogens is 533 g/mol. The Morgan fingerprint density at radius 2 is 1.76 bits per heavy atom. The van der Waals surface area contributed by atoms with Gasteiger partial charge in [0.1, 0.15) is 11.2 Å². The number of carbonyl (C=O) groups excluding carboxylic acids is 1. The molecule has 4 rings (SSSR count). The summed E-state index contributed by atoms with van der Waals surface area (Å²) in [6.45, 7) is 0. The molecule has 0 saturated carbocycles. The maximum atomic E-state index is 13.3. The van der Waals surface area contributed by atoms with Crippen LogP contribution in [0.15, 0.2) is 64.3 Å². The van der Waals surface area contributed by atoms with Gasteiger partial charge in [-0.2, -0.15) is 0 Å². The first kappa shape index (κ1) is 26.9. The van der Waals surface area contributed by atoms with Gasteiger partial charge in [-0.05, 0) is 42.0 Å². The van der Waals surface area contributed by atoms with Crippen molar-refractivity contribution in [1.29, 1.82) is 0 Å². The number of aryl methyl sites for hydroxylation is 1. The largest absolute Gasteiger partial charge is 0.480 e. The van der Waals surface area contributed by atoms with Gasteiger partial charge in [0.05, 0.1) is 27.2 Å². The number of pyridine rings is 1. The van der Waals surface area contributed by atoms with Crippen molar-refractivity contribution in [3.8, 4) is 5.69 Å². The van der Waals surface area contributed by atoms with E-state index in [4.69, 9.17) is 23.2 Å². The minimum Gasteiger partial charge on any atom is -0.480 e. The Morgan fingerprint density at radius 1 is 1.08 bits per heavy atom. The Bertz CT molecular complexity index is 1660. The average molecular weight is 556 g/mol. The molecule has 196 valence electrons. The topological polar surface area (TPSA) is 127 Å². The first-order valence-electron chi connectivity index (χ1n) is 11.4. The third-order valence-corrected chi connectivity index (χ3v) is 6.69. The molecule has 10 nitrogen and oxygen atoms in total. The van der Waals surface area contributed by atoms with Crippen molar-refractivity contribution in [3.05, 3.63) is 96.9 Å². The second-order valence-corrected chi connectivity index (χ2v) is 9.54. The van der Waals surface area contributed by atoms with Crippen LogP contribution in [0.2, 0.25) is 10.2 Å². The number of rotatable bonds is 7. The number of aromatic nitrogens is 3. The number of nitrogens with zero attached hydrogens (tertiary/aromatic N) is 4. The fourth-order valence-electron chi connectivity index (χ4n) is 4.02. The molecule has 0 aliphatic heterocycles. The lowest BCUT2D eigenvalue weighted by atomic mass is 10.0. The van der Waals surface area contributed by atoms with Crippen LogP contribution in [0.5, 0.6) is 0 Å². The zero-order chi connectivity index (χ0) is 27.7. The number of benzene rings is 2. The Labute approximate surface area is 226 Å². The van der Waals surface area contributed by atoms with Gasteiger partial charge in [-0.25, -0.2) is 19.1 Å². The number of anilines is 1. The van der Waals surface area contributed by atoms with E-state index >= 15 is 0 Å². The van der Waals surface area contributed by atoms with Crippen molar-refractivity contribution < 1.29 is 14.7 Å². The Kier molecular flexibility index (Phi) is 7.56. The van der Waals surface area contributed by atoms with Crippen LogP contribution in [0, 0.1) is 0 Å². The van der Waals surface area contributed by atoms with Crippen LogP contribution >= 0.6 is 23.2 Å². The number of aliphatic carboxylic acids is 1. The Balaban J connectivity index is 1.64. The van der Waals surface area contributed by atoms with Crippen molar-refractivity contribution >= 4 is 51.7 Å². The fraction of sp³-hybridized carbons (Fsp3) is 0.192. The van der Waals surface area contributed by atoms with E-state index in [1.54, 1.807) is 43.4 Å². The van der Waals surface area contributed by atoms with Gasteiger partial charge in [0.15, 0.2) is 0 Å². The highest BCUT2D eigenvalue weighted by molar-refractivity contribution is 6.39. The summed E-state index contributed by atoms with van der Waals surface area (Å²) in [6, 6.07) is 11.6. The van der Waals surface area contributed by atoms with Crippen molar-refractivity contribution in [2.45, 2.75) is 12.5 Å². The maximum Gasteiger partial charge on any atom is 0.335 e. The molecule has 2 aromatic heterocycles. The molecule has 2 aromatic carbocycles. The number of hydrogen-bond acceptors (Lipinski definition) is 6. The predicted molar refractivity (Wildman–Crippen MR) is 146 cm³/mol. The average Bonchev–Trinajstić information content (AvgIpc) is 2.87. The van der Waals surface area contributed by atoms with Crippen molar-refractivity contribution in [1.82, 2.24) is 19.4 Å². The number of fused-ring (bicyclic) bond motifs is 1. The summed E-state index contributed by atoms with van der Waals surface area (Å²) >= 11 is 12.0. The number of halogens is 2. The monoisotopic (exact) mass is 555 g/mol. The van der Waals surface area contributed by atoms with Gasteiger partial charge < -0.3 is 15.3 Å². The van der Waals surface area contributed by atoms with Crippen LogP contribution < -0.4 is 21.5 Å². The van der Waals surface area contributed by atoms with E-state index in [2.05, 4.69) is 10.3 Å². The van der Waals surface area contributed by atoms with Crippen molar-refractivity contribution in [2.24, 2.45) is 7.05 Å². The summed E-state index contributed by atoms with van der Waals surface area (Å²) in [5.41, 5.74) is 1.07. The summed E-state index contributed by atoms with van der Waals surface area (Å²) in [5.74, 6) is -2.05. The molecule has 1 amide bonds. The zero-order valence-electron chi connectivity index (χ0n) is 20.6. The summed E-state index contributed by atoms with van der Waals surface area (Å²) in [7, 11) is 5.30. The first-order valence-corrected chi connectivity index (χ1v) is 12.1. The number of carbonyl (C=O) groups is 2. The molecule has 0 aliphatic carbocycles. The van der Waals surface area contributed by atoms with Crippen molar-refractivity contribution in [2.75, 3.05) is 19.0 Å². The van der Waals surface area contributed by atoms with E-state index in [0.717, 1.165) is 10.3 Å². The van der Waals surface area contributed by atoms with Gasteiger partial charge in [-0.1, -0.05) is 35.3 Å². The SMILES string of the molecule is CN(C)c1ccc2c(c1)c(=O)n(-c1ccc(C[C@H](NC(=O)c3c(Cl)ccnc3Cl)C(=O)O)cc1)c(=O)n2C. The van der Waals surface area contributed by atoms with E-state index in [1.165, 1.54) is 16.8 Å². The quantitative estimate of drug-likeness (QED) is 0.335. The standard InChI is InChI=1S/C26H23Cl2N5O5/c1-31(2)16-8-9-20-17(13-16)24(35)33(26(38)32(20)3)15-6-4-14(5-7-15)12-19(25(36)37)30-23(34)21-18(27)10-11-29-22(21)28/h4-11,13,19H,12H2,1-3H3,(H,30,34)(H,36,37)/t19-/m0/s1. The highest BCUT2D eigenvalue weighted by Crippen LogP contribution is 2.22. The molecule has 4 aromatic rings. The highest BCUT2D eigenvalue weighted by Gasteiger charge is 2.24. The lowest BCUT2D eigenvalue weighted by Gasteiger charge is -2.17. The van der Waals surface area contributed by atoms with E-state index in [-0.39, 0.29) is 22.2 Å². The molecule has 1 atom stereocenters. The molecule has 38 heavy (non-hydrogen) atoms. The first-order chi connectivity index (χ1) is 18.0. The molecule has 12 heteroatoms. The third-order valence-electron chi connectivity index (χ3n) is 6.09. The molecule has 0 bridgehead atoms. The molecule has 0 unspecified atom stereocenters. The Morgan fingerprint density at radius 3 is 2.37 bits per heavy atom. The number of hydrogen-bond donors (Lipinski definition) is 2. The van der Waals surface area contributed by atoms with Gasteiger partial charge in [0, 0.05) is 39.4 Å². The van der Waals surface area contributed by atoms with Crippen LogP contribution in [0.4, 0.5) is 5.69 Å². The summed E-state index contributed by atoms with van der Waals surface area (Å²) in [6.07, 6.45) is 1.25. The van der Waals surface area contributed by atoms with E-state index in [0.29, 0.717) is 22.2 Å². The predicted octanol–water partition coefficient (Wildman–Crippen LogP) is 2.88. The van der Waals surface area contributed by atoms with Gasteiger partial charge in [-0.3, -0.25) is 14.2 Å². The molecule has 2 N–H and O–H groups in total. The van der Waals surface area contributed by atoms with E-state index in [1.807, 2.05) is 25.1 Å². The van der Waals surface area contributed by atoms with Crippen LogP contribution in [0.1, 0.15) is 15.9 Å². The minimum atomic E-state index is -1.30. The van der Waals surface area contributed by atoms with E-state index in [9.17, 15) is 24.3 Å². The normalized spacial score (nSPS) is 11.8. The molecule has 2 heterocycles. The summed E-state index contributed by atoms with van der Waals surface area (Å²) in [4.78, 5) is 56.5. The summed E-state index contributed by atoms with van der Waals surface area (Å²) in [5, 5.41) is 12.4. The van der Waals surface area contributed by atoms with Crippen molar-refractivity contribution in [3.63, 3.8) is 0 Å². The minimum absolute atomic E-state index is 0.0381. The van der Waals surface area contributed by atoms with Crippen LogP contribution in [-0.4, -0.2) is 51.2 Å². The number of nitrogens with one attached hydrogen (secondary N) is 1. The van der Waals surface area contributed by atoms with Crippen LogP contribution in [0.3, 0.4) is 0 Å². The molecule has 0 fully saturated rings. The van der Waals surface area contributed by atoms with Crippen LogP contribution in [0.25, 0.3) is 16.6 Å². The van der Waals surface area contributed by atoms with Gasteiger partial charge in [-0.15, -0.1) is 0 Å².